The number of carbonyl (C=O) groups is 2. The Balaban J connectivity index is 0.000000637. The van der Waals surface area contributed by atoms with Gasteiger partial charge in [0, 0.05) is 0 Å². The largest absolute Gasteiger partial charge is 0.268 e. The molecule has 0 saturated carbocycles. The molecule has 0 aromatic heterocycles. The van der Waals surface area contributed by atoms with Crippen LogP contribution in [0.1, 0.15) is 34.6 Å². The first-order chi connectivity index (χ1) is 9.29. The first-order valence-corrected chi connectivity index (χ1v) is 6.32. The third kappa shape index (κ3) is 2.15. The molecular formula is C16H15NO2. The van der Waals surface area contributed by atoms with Crippen LogP contribution in [0.15, 0.2) is 54.6 Å². The van der Waals surface area contributed by atoms with Crippen molar-refractivity contribution in [3.8, 4) is 0 Å². The summed E-state index contributed by atoms with van der Waals surface area (Å²) in [6.07, 6.45) is 0. The highest BCUT2D eigenvalue weighted by atomic mass is 16.2. The minimum Gasteiger partial charge on any atom is -0.268 e. The fourth-order valence-electron chi connectivity index (χ4n) is 2.00. The molecule has 3 heteroatoms. The summed E-state index contributed by atoms with van der Waals surface area (Å²) in [7, 11) is 0. The first kappa shape index (κ1) is 13.0. The molecule has 0 spiro atoms. The minimum absolute atomic E-state index is 0.253. The van der Waals surface area contributed by atoms with E-state index in [1.54, 1.807) is 48.5 Å². The van der Waals surface area contributed by atoms with Crippen molar-refractivity contribution >= 4 is 17.5 Å². The lowest BCUT2D eigenvalue weighted by atomic mass is 10.1. The van der Waals surface area contributed by atoms with Crippen LogP contribution in [0.5, 0.6) is 0 Å². The second kappa shape index (κ2) is 5.48. The van der Waals surface area contributed by atoms with Gasteiger partial charge < -0.3 is 0 Å². The number of hydrogen-bond acceptors (Lipinski definition) is 2. The fraction of sp³-hybridized carbons (Fsp3) is 0.125. The first-order valence-electron chi connectivity index (χ1n) is 6.32. The quantitative estimate of drug-likeness (QED) is 0.729. The predicted molar refractivity (Wildman–Crippen MR) is 75.4 cm³/mol. The number of imide groups is 1. The standard InChI is InChI=1S/C14H9NO2.C2H6/c16-13-11-8-4-5-9-12(11)14(17)15(13)10-6-2-1-3-7-10;1-2/h1-9H;1-2H3. The summed E-state index contributed by atoms with van der Waals surface area (Å²) < 4.78 is 0. The zero-order valence-corrected chi connectivity index (χ0v) is 11.0. The smallest absolute Gasteiger partial charge is 0.266 e. The molecule has 0 N–H and O–H groups in total. The van der Waals surface area contributed by atoms with Gasteiger partial charge in [0.25, 0.3) is 11.8 Å². The number of anilines is 1. The molecule has 0 atom stereocenters. The Morgan fingerprint density at radius 2 is 1.11 bits per heavy atom. The summed E-state index contributed by atoms with van der Waals surface area (Å²) >= 11 is 0. The van der Waals surface area contributed by atoms with E-state index >= 15 is 0 Å². The van der Waals surface area contributed by atoms with E-state index in [4.69, 9.17) is 0 Å². The normalized spacial score (nSPS) is 12.8. The van der Waals surface area contributed by atoms with Gasteiger partial charge in [-0.2, -0.15) is 0 Å². The Kier molecular flexibility index (Phi) is 3.76. The molecular weight excluding hydrogens is 238 g/mol. The molecule has 1 aliphatic heterocycles. The van der Waals surface area contributed by atoms with Gasteiger partial charge in [-0.1, -0.05) is 44.2 Å². The summed E-state index contributed by atoms with van der Waals surface area (Å²) in [5.41, 5.74) is 1.56. The molecule has 2 amide bonds. The van der Waals surface area contributed by atoms with Crippen LogP contribution in [-0.4, -0.2) is 11.8 Å². The molecule has 1 aliphatic rings. The number of rotatable bonds is 1. The SMILES string of the molecule is CC.O=C1c2ccccc2C(=O)N1c1ccccc1. The molecule has 3 rings (SSSR count). The fourth-order valence-corrected chi connectivity index (χ4v) is 2.00. The van der Waals surface area contributed by atoms with Gasteiger partial charge >= 0.3 is 0 Å². The Labute approximate surface area is 112 Å². The number of fused-ring (bicyclic) bond motifs is 1. The van der Waals surface area contributed by atoms with Crippen LogP contribution in [0.2, 0.25) is 0 Å². The molecule has 96 valence electrons. The second-order valence-electron chi connectivity index (χ2n) is 3.83. The van der Waals surface area contributed by atoms with Crippen LogP contribution in [0.3, 0.4) is 0 Å². The van der Waals surface area contributed by atoms with Crippen molar-refractivity contribution in [3.63, 3.8) is 0 Å². The Morgan fingerprint density at radius 1 is 0.684 bits per heavy atom. The highest BCUT2D eigenvalue weighted by Gasteiger charge is 2.35. The molecule has 2 aromatic rings. The molecule has 3 nitrogen and oxygen atoms in total. The van der Waals surface area contributed by atoms with Gasteiger partial charge in [-0.15, -0.1) is 0 Å². The second-order valence-corrected chi connectivity index (χ2v) is 3.83. The molecule has 0 bridgehead atoms. The van der Waals surface area contributed by atoms with Crippen LogP contribution in [-0.2, 0) is 0 Å². The summed E-state index contributed by atoms with van der Waals surface area (Å²) in [5, 5.41) is 0. The molecule has 19 heavy (non-hydrogen) atoms. The zero-order valence-electron chi connectivity index (χ0n) is 11.0. The molecule has 0 fully saturated rings. The van der Waals surface area contributed by atoms with E-state index in [0.717, 1.165) is 0 Å². The van der Waals surface area contributed by atoms with Gasteiger partial charge in [0.05, 0.1) is 16.8 Å². The topological polar surface area (TPSA) is 37.4 Å². The van der Waals surface area contributed by atoms with E-state index in [1.807, 2.05) is 19.9 Å². The highest BCUT2D eigenvalue weighted by molar-refractivity contribution is 6.34. The van der Waals surface area contributed by atoms with E-state index in [2.05, 4.69) is 0 Å². The van der Waals surface area contributed by atoms with Crippen LogP contribution >= 0.6 is 0 Å². The molecule has 2 aromatic carbocycles. The minimum atomic E-state index is -0.253. The summed E-state index contributed by atoms with van der Waals surface area (Å²) in [5.74, 6) is -0.506. The number of carbonyl (C=O) groups excluding carboxylic acids is 2. The van der Waals surface area contributed by atoms with Crippen molar-refractivity contribution in [2.75, 3.05) is 4.90 Å². The van der Waals surface area contributed by atoms with E-state index in [-0.39, 0.29) is 11.8 Å². The van der Waals surface area contributed by atoms with Crippen molar-refractivity contribution in [2.45, 2.75) is 13.8 Å². The Morgan fingerprint density at radius 3 is 1.58 bits per heavy atom. The summed E-state index contributed by atoms with van der Waals surface area (Å²) in [6, 6.07) is 15.8. The average Bonchev–Trinajstić information content (AvgIpc) is 2.75. The maximum atomic E-state index is 12.1. The van der Waals surface area contributed by atoms with Crippen molar-refractivity contribution < 1.29 is 9.59 Å². The van der Waals surface area contributed by atoms with Gasteiger partial charge in [0.2, 0.25) is 0 Å². The lowest BCUT2D eigenvalue weighted by molar-refractivity contribution is 0.0926. The van der Waals surface area contributed by atoms with Crippen molar-refractivity contribution in [1.82, 2.24) is 0 Å². The molecule has 0 unspecified atom stereocenters. The summed E-state index contributed by atoms with van der Waals surface area (Å²) in [6.45, 7) is 4.00. The van der Waals surface area contributed by atoms with E-state index < -0.39 is 0 Å². The molecule has 1 heterocycles. The van der Waals surface area contributed by atoms with Crippen LogP contribution in [0, 0.1) is 0 Å². The van der Waals surface area contributed by atoms with Crippen molar-refractivity contribution in [1.29, 1.82) is 0 Å². The highest BCUT2D eigenvalue weighted by Crippen LogP contribution is 2.27. The van der Waals surface area contributed by atoms with Gasteiger partial charge in [-0.25, -0.2) is 4.90 Å². The Hall–Kier alpha value is -2.42. The average molecular weight is 253 g/mol. The molecule has 0 radical (unpaired) electrons. The van der Waals surface area contributed by atoms with Crippen molar-refractivity contribution in [3.05, 3.63) is 65.7 Å². The molecule has 0 saturated heterocycles. The Bertz CT molecular complexity index is 570. The lowest BCUT2D eigenvalue weighted by Gasteiger charge is -2.13. The third-order valence-corrected chi connectivity index (χ3v) is 2.81. The van der Waals surface area contributed by atoms with Crippen molar-refractivity contribution in [2.24, 2.45) is 0 Å². The third-order valence-electron chi connectivity index (χ3n) is 2.81. The van der Waals surface area contributed by atoms with Crippen LogP contribution in [0.25, 0.3) is 0 Å². The van der Waals surface area contributed by atoms with E-state index in [0.29, 0.717) is 16.8 Å². The zero-order chi connectivity index (χ0) is 13.8. The van der Waals surface area contributed by atoms with Gasteiger partial charge in [-0.05, 0) is 24.3 Å². The number of amides is 2. The molecule has 0 aliphatic carbocycles. The number of nitrogens with zero attached hydrogens (tertiary/aromatic N) is 1. The van der Waals surface area contributed by atoms with E-state index in [9.17, 15) is 9.59 Å². The maximum absolute atomic E-state index is 12.1. The number of benzene rings is 2. The van der Waals surface area contributed by atoms with Gasteiger partial charge in [-0.3, -0.25) is 9.59 Å². The number of para-hydroxylation sites is 1. The van der Waals surface area contributed by atoms with E-state index in [1.165, 1.54) is 4.90 Å². The monoisotopic (exact) mass is 253 g/mol. The van der Waals surface area contributed by atoms with Gasteiger partial charge in [0.1, 0.15) is 0 Å². The lowest BCUT2D eigenvalue weighted by Crippen LogP contribution is -2.29. The predicted octanol–water partition coefficient (Wildman–Crippen LogP) is 3.51. The summed E-state index contributed by atoms with van der Waals surface area (Å²) in [4.78, 5) is 25.4. The van der Waals surface area contributed by atoms with Crippen LogP contribution in [0.4, 0.5) is 5.69 Å². The number of hydrogen-bond donors (Lipinski definition) is 0. The van der Waals surface area contributed by atoms with Gasteiger partial charge in [0.15, 0.2) is 0 Å². The maximum Gasteiger partial charge on any atom is 0.266 e. The van der Waals surface area contributed by atoms with Crippen LogP contribution < -0.4 is 4.90 Å².